The van der Waals surface area contributed by atoms with Crippen LogP contribution in [0.2, 0.25) is 0 Å². The van der Waals surface area contributed by atoms with Gasteiger partial charge >= 0.3 is 0 Å². The topological polar surface area (TPSA) is 23.5 Å². The summed E-state index contributed by atoms with van der Waals surface area (Å²) >= 11 is 0. The van der Waals surface area contributed by atoms with Gasteiger partial charge in [-0.3, -0.25) is 0 Å². The fourth-order valence-corrected chi connectivity index (χ4v) is 2.69. The second-order valence-corrected chi connectivity index (χ2v) is 5.94. The van der Waals surface area contributed by atoms with Crippen LogP contribution in [0.25, 0.3) is 6.08 Å². The van der Waals surface area contributed by atoms with Gasteiger partial charge in [0.05, 0.1) is 12.6 Å². The minimum atomic E-state index is 0.112. The number of rotatable bonds is 2. The summed E-state index contributed by atoms with van der Waals surface area (Å²) in [6.45, 7) is 9.07. The summed E-state index contributed by atoms with van der Waals surface area (Å²) in [4.78, 5) is 2.42. The smallest absolute Gasteiger partial charge is 0.0682 e. The average Bonchev–Trinajstić information content (AvgIpc) is 2.35. The van der Waals surface area contributed by atoms with Crippen LogP contribution in [0.5, 0.6) is 0 Å². The normalized spacial score (nSPS) is 18.9. The van der Waals surface area contributed by atoms with Crippen LogP contribution in [0.1, 0.15) is 56.8 Å². The van der Waals surface area contributed by atoms with E-state index in [1.807, 2.05) is 6.07 Å². The fraction of sp³-hybridized carbons (Fsp3) is 0.500. The zero-order valence-electron chi connectivity index (χ0n) is 11.8. The molecule has 0 saturated heterocycles. The van der Waals surface area contributed by atoms with Crippen molar-refractivity contribution in [2.24, 2.45) is 0 Å². The third-order valence-corrected chi connectivity index (χ3v) is 3.60. The van der Waals surface area contributed by atoms with E-state index in [-0.39, 0.29) is 12.1 Å². The lowest BCUT2D eigenvalue weighted by molar-refractivity contribution is 0.140. The van der Waals surface area contributed by atoms with Gasteiger partial charge in [0.15, 0.2) is 0 Å². The lowest BCUT2D eigenvalue weighted by atomic mass is 9.89. The number of aliphatic hydroxyl groups excluding tert-OH is 1. The Morgan fingerprint density at radius 2 is 2.00 bits per heavy atom. The second-order valence-electron chi connectivity index (χ2n) is 5.94. The molecule has 0 fully saturated rings. The van der Waals surface area contributed by atoms with E-state index in [2.05, 4.69) is 57.0 Å². The molecule has 1 atom stereocenters. The summed E-state index contributed by atoms with van der Waals surface area (Å²) in [5.74, 6) is 0. The van der Waals surface area contributed by atoms with E-state index in [4.69, 9.17) is 0 Å². The van der Waals surface area contributed by atoms with Crippen LogP contribution in [0.4, 0.5) is 0 Å². The first kappa shape index (κ1) is 13.2. The van der Waals surface area contributed by atoms with Crippen molar-refractivity contribution >= 4 is 6.08 Å². The number of hydrogen-bond donors (Lipinski definition) is 1. The molecule has 0 aromatic heterocycles. The summed E-state index contributed by atoms with van der Waals surface area (Å²) in [7, 11) is 0. The van der Waals surface area contributed by atoms with Crippen LogP contribution in [0, 0.1) is 0 Å². The molecular formula is C16H23NO. The van der Waals surface area contributed by atoms with Gasteiger partial charge in [-0.2, -0.15) is 0 Å². The first-order valence-electron chi connectivity index (χ1n) is 6.67. The Morgan fingerprint density at radius 3 is 2.56 bits per heavy atom. The molecular weight excluding hydrogens is 222 g/mol. The Bertz CT molecular complexity index is 457. The molecule has 18 heavy (non-hydrogen) atoms. The van der Waals surface area contributed by atoms with Crippen molar-refractivity contribution in [2.75, 3.05) is 0 Å². The highest BCUT2D eigenvalue weighted by atomic mass is 16.3. The molecule has 1 aromatic rings. The molecule has 1 N–H and O–H groups in total. The van der Waals surface area contributed by atoms with Crippen LogP contribution >= 0.6 is 0 Å². The van der Waals surface area contributed by atoms with Crippen molar-refractivity contribution in [1.29, 1.82) is 0 Å². The van der Waals surface area contributed by atoms with Crippen LogP contribution < -0.4 is 0 Å². The highest BCUT2D eigenvalue weighted by Crippen LogP contribution is 2.37. The second kappa shape index (κ2) is 4.77. The monoisotopic (exact) mass is 245 g/mol. The number of fused-ring (bicyclic) bond motifs is 1. The Hall–Kier alpha value is -1.28. The predicted molar refractivity (Wildman–Crippen MR) is 76.0 cm³/mol. The Morgan fingerprint density at radius 1 is 1.28 bits per heavy atom. The largest absolute Gasteiger partial charge is 0.392 e. The molecule has 0 radical (unpaired) electrons. The lowest BCUT2D eigenvalue weighted by Gasteiger charge is -2.43. The molecule has 0 saturated carbocycles. The zero-order chi connectivity index (χ0) is 13.3. The summed E-state index contributed by atoms with van der Waals surface area (Å²) in [6, 6.07) is 6.71. The predicted octanol–water partition coefficient (Wildman–Crippen LogP) is 3.71. The van der Waals surface area contributed by atoms with Crippen LogP contribution in [0.3, 0.4) is 0 Å². The number of aliphatic hydroxyl groups is 1. The van der Waals surface area contributed by atoms with Crippen molar-refractivity contribution in [1.82, 2.24) is 4.90 Å². The third kappa shape index (κ3) is 2.30. The molecule has 1 aliphatic rings. The maximum Gasteiger partial charge on any atom is 0.0682 e. The maximum atomic E-state index is 9.21. The highest BCUT2D eigenvalue weighted by Gasteiger charge is 2.29. The first-order valence-corrected chi connectivity index (χ1v) is 6.67. The number of nitrogens with zero attached hydrogens (tertiary/aromatic N) is 1. The SMILES string of the molecule is CCC1c2ccc(CO)cc2C=CN1C(C)(C)C. The minimum Gasteiger partial charge on any atom is -0.392 e. The third-order valence-electron chi connectivity index (χ3n) is 3.60. The van der Waals surface area contributed by atoms with Crippen LogP contribution in [-0.2, 0) is 6.61 Å². The molecule has 1 unspecified atom stereocenters. The molecule has 0 spiro atoms. The quantitative estimate of drug-likeness (QED) is 0.858. The number of benzene rings is 1. The van der Waals surface area contributed by atoms with Gasteiger partial charge in [0.1, 0.15) is 0 Å². The fourth-order valence-electron chi connectivity index (χ4n) is 2.69. The van der Waals surface area contributed by atoms with E-state index in [9.17, 15) is 5.11 Å². The first-order chi connectivity index (χ1) is 8.47. The molecule has 1 aliphatic heterocycles. The van der Waals surface area contributed by atoms with Gasteiger partial charge in [0.2, 0.25) is 0 Å². The van der Waals surface area contributed by atoms with E-state index in [0.717, 1.165) is 12.0 Å². The average molecular weight is 245 g/mol. The molecule has 2 rings (SSSR count). The Labute approximate surface area is 110 Å². The van der Waals surface area contributed by atoms with Gasteiger partial charge in [0.25, 0.3) is 0 Å². The van der Waals surface area contributed by atoms with Crippen LogP contribution in [-0.4, -0.2) is 15.5 Å². The maximum absolute atomic E-state index is 9.21. The standard InChI is InChI=1S/C16H23NO/c1-5-15-14-7-6-12(11-18)10-13(14)8-9-17(15)16(2,3)4/h6-10,15,18H,5,11H2,1-4H3. The molecule has 0 bridgehead atoms. The molecule has 98 valence electrons. The summed E-state index contributed by atoms with van der Waals surface area (Å²) in [5, 5.41) is 9.21. The summed E-state index contributed by atoms with van der Waals surface area (Å²) < 4.78 is 0. The van der Waals surface area contributed by atoms with Gasteiger partial charge in [-0.25, -0.2) is 0 Å². The van der Waals surface area contributed by atoms with Crippen molar-refractivity contribution in [3.63, 3.8) is 0 Å². The zero-order valence-corrected chi connectivity index (χ0v) is 11.8. The van der Waals surface area contributed by atoms with Crippen molar-refractivity contribution in [3.8, 4) is 0 Å². The van der Waals surface area contributed by atoms with Crippen LogP contribution in [0.15, 0.2) is 24.4 Å². The lowest BCUT2D eigenvalue weighted by Crippen LogP contribution is -2.41. The van der Waals surface area contributed by atoms with Crippen molar-refractivity contribution in [3.05, 3.63) is 41.1 Å². The van der Waals surface area contributed by atoms with E-state index >= 15 is 0 Å². The van der Waals surface area contributed by atoms with Crippen molar-refractivity contribution < 1.29 is 5.11 Å². The summed E-state index contributed by atoms with van der Waals surface area (Å²) in [6.07, 6.45) is 5.44. The molecule has 0 amide bonds. The van der Waals surface area contributed by atoms with E-state index in [1.165, 1.54) is 11.1 Å². The minimum absolute atomic E-state index is 0.112. The Balaban J connectivity index is 2.44. The van der Waals surface area contributed by atoms with E-state index in [1.54, 1.807) is 0 Å². The van der Waals surface area contributed by atoms with Gasteiger partial charge in [-0.1, -0.05) is 19.1 Å². The van der Waals surface area contributed by atoms with Gasteiger partial charge in [0, 0.05) is 11.7 Å². The molecule has 2 nitrogen and oxygen atoms in total. The van der Waals surface area contributed by atoms with Gasteiger partial charge in [-0.15, -0.1) is 0 Å². The molecule has 0 aliphatic carbocycles. The van der Waals surface area contributed by atoms with Gasteiger partial charge < -0.3 is 10.0 Å². The Kier molecular flexibility index (Phi) is 3.49. The summed E-state index contributed by atoms with van der Waals surface area (Å²) in [5.41, 5.74) is 3.73. The molecule has 1 heterocycles. The van der Waals surface area contributed by atoms with Crippen molar-refractivity contribution in [2.45, 2.75) is 52.3 Å². The van der Waals surface area contributed by atoms with Gasteiger partial charge in [-0.05, 0) is 56.0 Å². The van der Waals surface area contributed by atoms with E-state index in [0.29, 0.717) is 6.04 Å². The highest BCUT2D eigenvalue weighted by molar-refractivity contribution is 5.58. The number of hydrogen-bond acceptors (Lipinski definition) is 2. The molecule has 1 aromatic carbocycles. The molecule has 2 heteroatoms. The van der Waals surface area contributed by atoms with E-state index < -0.39 is 0 Å².